The minimum Gasteiger partial charge on any atom is -0.481 e. The van der Waals surface area contributed by atoms with Gasteiger partial charge >= 0.3 is 5.97 Å². The Balaban J connectivity index is 2.38. The summed E-state index contributed by atoms with van der Waals surface area (Å²) in [5.74, 6) is -0.825. The Labute approximate surface area is 96.4 Å². The summed E-state index contributed by atoms with van der Waals surface area (Å²) in [6.07, 6.45) is 5.12. The first-order valence-corrected chi connectivity index (χ1v) is 6.14. The molecule has 0 heterocycles. The SMILES string of the molecule is CCCC(=O)NCC1CCCCC1C(=O)O. The summed E-state index contributed by atoms with van der Waals surface area (Å²) < 4.78 is 0. The molecule has 0 saturated heterocycles. The van der Waals surface area contributed by atoms with Crippen molar-refractivity contribution in [2.24, 2.45) is 11.8 Å². The highest BCUT2D eigenvalue weighted by atomic mass is 16.4. The Morgan fingerprint density at radius 1 is 1.31 bits per heavy atom. The quantitative estimate of drug-likeness (QED) is 0.752. The van der Waals surface area contributed by atoms with Gasteiger partial charge in [-0.25, -0.2) is 0 Å². The average molecular weight is 227 g/mol. The maximum absolute atomic E-state index is 11.3. The van der Waals surface area contributed by atoms with Crippen molar-refractivity contribution in [3.8, 4) is 0 Å². The number of carboxylic acid groups (broad SMARTS) is 1. The lowest BCUT2D eigenvalue weighted by Gasteiger charge is -2.28. The van der Waals surface area contributed by atoms with Crippen LogP contribution in [0.1, 0.15) is 45.4 Å². The smallest absolute Gasteiger partial charge is 0.306 e. The highest BCUT2D eigenvalue weighted by molar-refractivity contribution is 5.76. The van der Waals surface area contributed by atoms with Crippen molar-refractivity contribution in [3.63, 3.8) is 0 Å². The fourth-order valence-electron chi connectivity index (χ4n) is 2.34. The molecule has 0 aromatic carbocycles. The van der Waals surface area contributed by atoms with Crippen LogP contribution in [0.5, 0.6) is 0 Å². The number of hydrogen-bond acceptors (Lipinski definition) is 2. The number of nitrogens with one attached hydrogen (secondary N) is 1. The molecule has 4 heteroatoms. The zero-order chi connectivity index (χ0) is 12.0. The molecule has 2 unspecified atom stereocenters. The minimum atomic E-state index is -0.713. The van der Waals surface area contributed by atoms with Gasteiger partial charge in [0.05, 0.1) is 5.92 Å². The van der Waals surface area contributed by atoms with Crippen molar-refractivity contribution in [1.82, 2.24) is 5.32 Å². The number of amides is 1. The van der Waals surface area contributed by atoms with E-state index in [1.54, 1.807) is 0 Å². The summed E-state index contributed by atoms with van der Waals surface area (Å²) in [5.41, 5.74) is 0. The number of carboxylic acids is 1. The topological polar surface area (TPSA) is 66.4 Å². The van der Waals surface area contributed by atoms with E-state index in [4.69, 9.17) is 5.11 Å². The van der Waals surface area contributed by atoms with Gasteiger partial charge < -0.3 is 10.4 Å². The molecule has 0 aromatic rings. The van der Waals surface area contributed by atoms with E-state index in [0.717, 1.165) is 32.1 Å². The fraction of sp³-hybridized carbons (Fsp3) is 0.833. The molecular formula is C12H21NO3. The molecule has 0 aliphatic heterocycles. The van der Waals surface area contributed by atoms with Crippen LogP contribution >= 0.6 is 0 Å². The molecule has 16 heavy (non-hydrogen) atoms. The first kappa shape index (κ1) is 13.0. The number of hydrogen-bond donors (Lipinski definition) is 2. The zero-order valence-electron chi connectivity index (χ0n) is 9.87. The molecular weight excluding hydrogens is 206 g/mol. The van der Waals surface area contributed by atoms with Gasteiger partial charge in [-0.2, -0.15) is 0 Å². The third-order valence-electron chi connectivity index (χ3n) is 3.26. The lowest BCUT2D eigenvalue weighted by molar-refractivity contribution is -0.145. The molecule has 0 aromatic heterocycles. The first-order valence-electron chi connectivity index (χ1n) is 6.14. The number of rotatable bonds is 5. The molecule has 0 bridgehead atoms. The minimum absolute atomic E-state index is 0.0391. The molecule has 2 N–H and O–H groups in total. The van der Waals surface area contributed by atoms with E-state index < -0.39 is 5.97 Å². The van der Waals surface area contributed by atoms with E-state index in [9.17, 15) is 9.59 Å². The van der Waals surface area contributed by atoms with Crippen LogP contribution in [-0.4, -0.2) is 23.5 Å². The van der Waals surface area contributed by atoms with Gasteiger partial charge in [-0.3, -0.25) is 9.59 Å². The van der Waals surface area contributed by atoms with Gasteiger partial charge in [-0.1, -0.05) is 19.8 Å². The van der Waals surface area contributed by atoms with E-state index in [1.165, 1.54) is 0 Å². The van der Waals surface area contributed by atoms with E-state index in [2.05, 4.69) is 5.32 Å². The molecule has 0 radical (unpaired) electrons. The largest absolute Gasteiger partial charge is 0.481 e. The Hall–Kier alpha value is -1.06. The monoisotopic (exact) mass is 227 g/mol. The standard InChI is InChI=1S/C12H21NO3/c1-2-5-11(14)13-8-9-6-3-4-7-10(9)12(15)16/h9-10H,2-8H2,1H3,(H,13,14)(H,15,16). The van der Waals surface area contributed by atoms with Crippen LogP contribution in [0.4, 0.5) is 0 Å². The van der Waals surface area contributed by atoms with Gasteiger partial charge in [0.1, 0.15) is 0 Å². The summed E-state index contributed by atoms with van der Waals surface area (Å²) in [4.78, 5) is 22.3. The van der Waals surface area contributed by atoms with Crippen LogP contribution in [0.25, 0.3) is 0 Å². The van der Waals surface area contributed by atoms with Crippen molar-refractivity contribution >= 4 is 11.9 Å². The Bertz CT molecular complexity index is 253. The van der Waals surface area contributed by atoms with Crippen LogP contribution in [0, 0.1) is 11.8 Å². The maximum Gasteiger partial charge on any atom is 0.306 e. The van der Waals surface area contributed by atoms with Crippen LogP contribution in [0.2, 0.25) is 0 Å². The van der Waals surface area contributed by atoms with Gasteiger partial charge in [0.2, 0.25) is 5.91 Å². The van der Waals surface area contributed by atoms with Crippen LogP contribution in [-0.2, 0) is 9.59 Å². The van der Waals surface area contributed by atoms with Crippen molar-refractivity contribution in [3.05, 3.63) is 0 Å². The summed E-state index contributed by atoms with van der Waals surface area (Å²) in [6, 6.07) is 0. The van der Waals surface area contributed by atoms with Crippen LogP contribution in [0.15, 0.2) is 0 Å². The number of carbonyl (C=O) groups is 2. The normalized spacial score (nSPS) is 25.1. The number of aliphatic carboxylic acids is 1. The molecule has 1 fully saturated rings. The summed E-state index contributed by atoms with van der Waals surface area (Å²) in [6.45, 7) is 2.48. The van der Waals surface area contributed by atoms with Crippen LogP contribution < -0.4 is 5.32 Å². The van der Waals surface area contributed by atoms with E-state index in [1.807, 2.05) is 6.92 Å². The van der Waals surface area contributed by atoms with Gasteiger partial charge in [0, 0.05) is 13.0 Å². The summed E-state index contributed by atoms with van der Waals surface area (Å²) in [7, 11) is 0. The van der Waals surface area contributed by atoms with E-state index in [0.29, 0.717) is 13.0 Å². The van der Waals surface area contributed by atoms with E-state index in [-0.39, 0.29) is 17.7 Å². The van der Waals surface area contributed by atoms with Crippen molar-refractivity contribution in [2.75, 3.05) is 6.54 Å². The molecule has 4 nitrogen and oxygen atoms in total. The Morgan fingerprint density at radius 2 is 2.00 bits per heavy atom. The van der Waals surface area contributed by atoms with Gasteiger partial charge in [-0.05, 0) is 25.2 Å². The molecule has 1 aliphatic carbocycles. The third kappa shape index (κ3) is 3.83. The zero-order valence-corrected chi connectivity index (χ0v) is 9.87. The molecule has 1 saturated carbocycles. The Kier molecular flexibility index (Phi) is 5.29. The summed E-state index contributed by atoms with van der Waals surface area (Å²) in [5, 5.41) is 11.9. The van der Waals surface area contributed by atoms with Crippen molar-refractivity contribution in [2.45, 2.75) is 45.4 Å². The molecule has 0 spiro atoms. The second-order valence-corrected chi connectivity index (χ2v) is 4.54. The number of carbonyl (C=O) groups excluding carboxylic acids is 1. The van der Waals surface area contributed by atoms with Crippen molar-refractivity contribution < 1.29 is 14.7 Å². The highest BCUT2D eigenvalue weighted by Gasteiger charge is 2.30. The second kappa shape index (κ2) is 6.51. The third-order valence-corrected chi connectivity index (χ3v) is 3.26. The molecule has 1 amide bonds. The van der Waals surface area contributed by atoms with Gasteiger partial charge in [0.15, 0.2) is 0 Å². The van der Waals surface area contributed by atoms with Gasteiger partial charge in [0.25, 0.3) is 0 Å². The van der Waals surface area contributed by atoms with Crippen molar-refractivity contribution in [1.29, 1.82) is 0 Å². The lowest BCUT2D eigenvalue weighted by Crippen LogP contribution is -2.37. The molecule has 1 rings (SSSR count). The van der Waals surface area contributed by atoms with E-state index >= 15 is 0 Å². The predicted octanol–water partition coefficient (Wildman–Crippen LogP) is 1.79. The van der Waals surface area contributed by atoms with Gasteiger partial charge in [-0.15, -0.1) is 0 Å². The molecule has 92 valence electrons. The Morgan fingerprint density at radius 3 is 2.62 bits per heavy atom. The molecule has 1 aliphatic rings. The predicted molar refractivity (Wildman–Crippen MR) is 61.0 cm³/mol. The average Bonchev–Trinajstić information content (AvgIpc) is 2.27. The summed E-state index contributed by atoms with van der Waals surface area (Å²) >= 11 is 0. The fourth-order valence-corrected chi connectivity index (χ4v) is 2.34. The first-order chi connectivity index (χ1) is 7.65. The lowest BCUT2D eigenvalue weighted by atomic mass is 9.79. The second-order valence-electron chi connectivity index (χ2n) is 4.54. The highest BCUT2D eigenvalue weighted by Crippen LogP contribution is 2.29. The van der Waals surface area contributed by atoms with Crippen LogP contribution in [0.3, 0.4) is 0 Å². The maximum atomic E-state index is 11.3. The molecule has 2 atom stereocenters.